The fourth-order valence-electron chi connectivity index (χ4n) is 6.41. The highest BCUT2D eigenvalue weighted by Gasteiger charge is 2.32. The molecule has 0 radical (unpaired) electrons. The maximum Gasteiger partial charge on any atom is 0.326 e. The standard InChI is InChI=1S/C41H48ClN3O10S/c1-26-30(8-5-9-33(26)34-10-6-11-36(27(34)2)53-15-7-13-45-14-12-29(22-45)39(47)48)24-55-38-18-37(54-23-28-16-32(21-43-19-28)56(4,51)52)31(17-35(38)42)20-44-41(3,25-46)40(49)50/h5-6,8-11,16-19,21,29,44,46H,7,12-15,20,22-25H2,1-4H3,(H,47,48)(H,49,50)/t29-,41+/m1/s1. The molecule has 2 atom stereocenters. The van der Waals surface area contributed by atoms with Gasteiger partial charge in [-0.05, 0) is 86.2 Å². The summed E-state index contributed by atoms with van der Waals surface area (Å²) >= 11 is 6.72. The summed E-state index contributed by atoms with van der Waals surface area (Å²) < 4.78 is 42.8. The molecule has 1 aliphatic heterocycles. The van der Waals surface area contributed by atoms with E-state index in [9.17, 15) is 33.3 Å². The number of benzene rings is 3. The molecule has 0 saturated carbocycles. The molecule has 0 amide bonds. The lowest BCUT2D eigenvalue weighted by atomic mass is 9.93. The van der Waals surface area contributed by atoms with Crippen molar-refractivity contribution in [3.05, 3.63) is 99.8 Å². The number of aliphatic hydroxyl groups excluding tert-OH is 1. The average molecular weight is 810 g/mol. The molecule has 0 spiro atoms. The second-order valence-corrected chi connectivity index (χ2v) is 16.7. The molecule has 2 heterocycles. The van der Waals surface area contributed by atoms with E-state index < -0.39 is 33.9 Å². The minimum atomic E-state index is -3.51. The average Bonchev–Trinajstić information content (AvgIpc) is 3.65. The zero-order valence-corrected chi connectivity index (χ0v) is 33.5. The molecule has 4 aromatic rings. The summed E-state index contributed by atoms with van der Waals surface area (Å²) in [6.07, 6.45) is 5.30. The van der Waals surface area contributed by atoms with Gasteiger partial charge in [0, 0.05) is 55.5 Å². The van der Waals surface area contributed by atoms with Crippen molar-refractivity contribution in [1.82, 2.24) is 15.2 Å². The van der Waals surface area contributed by atoms with E-state index in [1.807, 2.05) is 50.2 Å². The predicted molar refractivity (Wildman–Crippen MR) is 211 cm³/mol. The molecule has 1 fully saturated rings. The Bertz CT molecular complexity index is 2170. The third-order valence-corrected chi connectivity index (χ3v) is 11.4. The lowest BCUT2D eigenvalue weighted by Crippen LogP contribution is -2.52. The van der Waals surface area contributed by atoms with Gasteiger partial charge < -0.3 is 34.4 Å². The molecule has 300 valence electrons. The van der Waals surface area contributed by atoms with Crippen LogP contribution in [0.4, 0.5) is 0 Å². The third kappa shape index (κ3) is 10.6. The van der Waals surface area contributed by atoms with Gasteiger partial charge in [0.25, 0.3) is 0 Å². The van der Waals surface area contributed by atoms with Crippen LogP contribution in [0.2, 0.25) is 5.02 Å². The minimum absolute atomic E-state index is 0.0325. The first-order chi connectivity index (χ1) is 26.6. The van der Waals surface area contributed by atoms with E-state index in [1.54, 1.807) is 12.1 Å². The van der Waals surface area contributed by atoms with E-state index >= 15 is 0 Å². The summed E-state index contributed by atoms with van der Waals surface area (Å²) in [7, 11) is -3.51. The van der Waals surface area contributed by atoms with Gasteiger partial charge in [0.05, 0.1) is 29.0 Å². The maximum atomic E-state index is 12.1. The molecular formula is C41H48ClN3O10S. The second-order valence-electron chi connectivity index (χ2n) is 14.3. The lowest BCUT2D eigenvalue weighted by Gasteiger charge is -2.25. The minimum Gasteiger partial charge on any atom is -0.493 e. The van der Waals surface area contributed by atoms with Crippen molar-refractivity contribution in [3.8, 4) is 28.4 Å². The summed E-state index contributed by atoms with van der Waals surface area (Å²) in [5.74, 6) is -0.881. The van der Waals surface area contributed by atoms with Crippen molar-refractivity contribution in [3.63, 3.8) is 0 Å². The van der Waals surface area contributed by atoms with Gasteiger partial charge in [-0.3, -0.25) is 19.9 Å². The van der Waals surface area contributed by atoms with Crippen LogP contribution in [0.5, 0.6) is 17.2 Å². The highest BCUT2D eigenvalue weighted by molar-refractivity contribution is 7.90. The summed E-state index contributed by atoms with van der Waals surface area (Å²) in [4.78, 5) is 29.4. The van der Waals surface area contributed by atoms with E-state index in [1.165, 1.54) is 25.4 Å². The summed E-state index contributed by atoms with van der Waals surface area (Å²) in [6, 6.07) is 16.6. The Labute approximate surface area is 332 Å². The largest absolute Gasteiger partial charge is 0.493 e. The topological polar surface area (TPSA) is 185 Å². The van der Waals surface area contributed by atoms with Crippen LogP contribution in [0.1, 0.15) is 47.6 Å². The molecule has 1 saturated heterocycles. The number of likely N-dealkylation sites (tertiary alicyclic amines) is 1. The number of aliphatic hydroxyl groups is 1. The molecule has 0 bridgehead atoms. The van der Waals surface area contributed by atoms with Crippen molar-refractivity contribution >= 4 is 33.4 Å². The van der Waals surface area contributed by atoms with E-state index in [0.717, 1.165) is 59.3 Å². The zero-order valence-electron chi connectivity index (χ0n) is 31.9. The predicted octanol–water partition coefficient (Wildman–Crippen LogP) is 5.68. The number of carbonyl (C=O) groups is 2. The molecular weight excluding hydrogens is 762 g/mol. The highest BCUT2D eigenvalue weighted by Crippen LogP contribution is 2.36. The number of carboxylic acids is 2. The number of pyridine rings is 1. The fraction of sp³-hybridized carbons (Fsp3) is 0.390. The van der Waals surface area contributed by atoms with Crippen LogP contribution < -0.4 is 19.5 Å². The normalized spacial score (nSPS) is 15.6. The van der Waals surface area contributed by atoms with Crippen LogP contribution in [-0.4, -0.2) is 90.2 Å². The molecule has 1 aliphatic rings. The van der Waals surface area contributed by atoms with Crippen molar-refractivity contribution < 1.29 is 47.5 Å². The van der Waals surface area contributed by atoms with Crippen molar-refractivity contribution in [2.24, 2.45) is 5.92 Å². The molecule has 1 aromatic heterocycles. The maximum absolute atomic E-state index is 12.1. The van der Waals surface area contributed by atoms with Gasteiger partial charge in [-0.1, -0.05) is 41.9 Å². The molecule has 15 heteroatoms. The number of hydrogen-bond acceptors (Lipinski definition) is 11. The van der Waals surface area contributed by atoms with Crippen LogP contribution in [0.15, 0.2) is 71.9 Å². The smallest absolute Gasteiger partial charge is 0.326 e. The number of hydrogen-bond donors (Lipinski definition) is 4. The van der Waals surface area contributed by atoms with Gasteiger partial charge >= 0.3 is 11.9 Å². The van der Waals surface area contributed by atoms with Crippen LogP contribution in [-0.2, 0) is 39.2 Å². The van der Waals surface area contributed by atoms with Crippen molar-refractivity contribution in [2.45, 2.75) is 63.8 Å². The Morgan fingerprint density at radius 3 is 2.34 bits per heavy atom. The van der Waals surface area contributed by atoms with Crippen LogP contribution in [0, 0.1) is 19.8 Å². The van der Waals surface area contributed by atoms with Crippen LogP contribution in [0.25, 0.3) is 11.1 Å². The number of aromatic nitrogens is 1. The summed E-state index contributed by atoms with van der Waals surface area (Å²) in [6.45, 7) is 7.46. The molecule has 4 N–H and O–H groups in total. The van der Waals surface area contributed by atoms with Crippen LogP contribution in [0.3, 0.4) is 0 Å². The number of halogens is 1. The first-order valence-corrected chi connectivity index (χ1v) is 20.4. The molecule has 5 rings (SSSR count). The Morgan fingerprint density at radius 2 is 1.66 bits per heavy atom. The second kappa shape index (κ2) is 18.5. The molecule has 0 unspecified atom stereocenters. The summed E-state index contributed by atoms with van der Waals surface area (Å²) in [5.41, 5.74) is 4.26. The number of sulfone groups is 1. The molecule has 0 aliphatic carbocycles. The zero-order chi connectivity index (χ0) is 40.6. The quantitative estimate of drug-likeness (QED) is 0.0850. The number of ether oxygens (including phenoxy) is 3. The van der Waals surface area contributed by atoms with E-state index in [-0.39, 0.29) is 35.6 Å². The Balaban J connectivity index is 1.31. The number of nitrogens with one attached hydrogen (secondary N) is 1. The van der Waals surface area contributed by atoms with E-state index in [2.05, 4.69) is 15.2 Å². The Kier molecular flexibility index (Phi) is 14.0. The van der Waals surface area contributed by atoms with E-state index in [4.69, 9.17) is 25.8 Å². The molecule has 13 nitrogen and oxygen atoms in total. The fourth-order valence-corrected chi connectivity index (χ4v) is 7.27. The Morgan fingerprint density at radius 1 is 0.946 bits per heavy atom. The van der Waals surface area contributed by atoms with E-state index in [0.29, 0.717) is 42.2 Å². The SMILES string of the molecule is Cc1c(COc2cc(OCc3cncc(S(C)(=O)=O)c3)c(CN[C@@](C)(CO)C(=O)O)cc2Cl)cccc1-c1cccc(OCCCN2CC[C@@H](C(=O)O)C2)c1C. The van der Waals surface area contributed by atoms with Gasteiger partial charge in [-0.15, -0.1) is 0 Å². The van der Waals surface area contributed by atoms with Gasteiger partial charge in [0.2, 0.25) is 0 Å². The van der Waals surface area contributed by atoms with Gasteiger partial charge in [0.15, 0.2) is 9.84 Å². The highest BCUT2D eigenvalue weighted by atomic mass is 35.5. The van der Waals surface area contributed by atoms with Crippen molar-refractivity contribution in [2.75, 3.05) is 39.1 Å². The van der Waals surface area contributed by atoms with Crippen molar-refractivity contribution in [1.29, 1.82) is 0 Å². The number of aliphatic carboxylic acids is 2. The Hall–Kier alpha value is -4.73. The third-order valence-electron chi connectivity index (χ3n) is 10.1. The molecule has 56 heavy (non-hydrogen) atoms. The van der Waals surface area contributed by atoms with Crippen LogP contribution >= 0.6 is 11.6 Å². The summed E-state index contributed by atoms with van der Waals surface area (Å²) in [5, 5.41) is 31.8. The number of rotatable bonds is 19. The number of nitrogens with zero attached hydrogens (tertiary/aromatic N) is 2. The van der Waals surface area contributed by atoms with Gasteiger partial charge in [-0.25, -0.2) is 8.42 Å². The van der Waals surface area contributed by atoms with Gasteiger partial charge in [-0.2, -0.15) is 0 Å². The molecule has 3 aromatic carbocycles. The number of carboxylic acid groups (broad SMARTS) is 2. The first kappa shape index (κ1) is 42.4. The lowest BCUT2D eigenvalue weighted by molar-refractivity contribution is -0.146. The first-order valence-electron chi connectivity index (χ1n) is 18.2. The van der Waals surface area contributed by atoms with Gasteiger partial charge in [0.1, 0.15) is 36.0 Å². The monoisotopic (exact) mass is 809 g/mol.